The number of halogens is 1. The molecule has 0 radical (unpaired) electrons. The SMILES string of the molecule is CNCC1CCCN1C(=O)c1cc2ccccc2o1.Cl. The maximum absolute atomic E-state index is 12.5. The quantitative estimate of drug-likeness (QED) is 0.947. The first kappa shape index (κ1) is 14.9. The third kappa shape index (κ3) is 2.67. The number of likely N-dealkylation sites (N-methyl/N-ethyl adjacent to an activating group) is 1. The van der Waals surface area contributed by atoms with Gasteiger partial charge in [0.2, 0.25) is 0 Å². The number of carbonyl (C=O) groups excluding carboxylic acids is 1. The predicted molar refractivity (Wildman–Crippen MR) is 81.4 cm³/mol. The van der Waals surface area contributed by atoms with E-state index in [2.05, 4.69) is 5.32 Å². The first-order chi connectivity index (χ1) is 9.29. The highest BCUT2D eigenvalue weighted by Gasteiger charge is 2.30. The smallest absolute Gasteiger partial charge is 0.289 e. The van der Waals surface area contributed by atoms with Gasteiger partial charge in [0, 0.05) is 24.5 Å². The Bertz CT molecular complexity index is 563. The van der Waals surface area contributed by atoms with E-state index in [-0.39, 0.29) is 24.4 Å². The minimum absolute atomic E-state index is 0. The van der Waals surface area contributed by atoms with E-state index in [1.807, 2.05) is 42.3 Å². The van der Waals surface area contributed by atoms with E-state index in [1.165, 1.54) is 0 Å². The van der Waals surface area contributed by atoms with Gasteiger partial charge in [0.05, 0.1) is 0 Å². The molecular weight excluding hydrogens is 276 g/mol. The summed E-state index contributed by atoms with van der Waals surface area (Å²) in [7, 11) is 1.92. The number of hydrogen-bond acceptors (Lipinski definition) is 3. The van der Waals surface area contributed by atoms with Gasteiger partial charge in [-0.15, -0.1) is 12.4 Å². The maximum Gasteiger partial charge on any atom is 0.289 e. The van der Waals surface area contributed by atoms with Gasteiger partial charge in [0.15, 0.2) is 5.76 Å². The number of amides is 1. The summed E-state index contributed by atoms with van der Waals surface area (Å²) < 4.78 is 5.66. The maximum atomic E-state index is 12.5. The summed E-state index contributed by atoms with van der Waals surface area (Å²) in [6, 6.07) is 9.84. The summed E-state index contributed by atoms with van der Waals surface area (Å²) in [5.41, 5.74) is 0.773. The summed E-state index contributed by atoms with van der Waals surface area (Å²) in [6.07, 6.45) is 2.13. The summed E-state index contributed by atoms with van der Waals surface area (Å²) in [5.74, 6) is 0.457. The molecule has 3 rings (SSSR count). The monoisotopic (exact) mass is 294 g/mol. The van der Waals surface area contributed by atoms with Gasteiger partial charge in [0.25, 0.3) is 5.91 Å². The molecule has 108 valence electrons. The summed E-state index contributed by atoms with van der Waals surface area (Å²) in [6.45, 7) is 1.66. The average molecular weight is 295 g/mol. The number of fused-ring (bicyclic) bond motifs is 1. The van der Waals surface area contributed by atoms with E-state index in [1.54, 1.807) is 0 Å². The molecule has 1 aromatic carbocycles. The third-order valence-corrected chi connectivity index (χ3v) is 3.71. The molecule has 1 atom stereocenters. The molecular formula is C15H19ClN2O2. The molecule has 1 saturated heterocycles. The van der Waals surface area contributed by atoms with Gasteiger partial charge in [-0.3, -0.25) is 4.79 Å². The molecule has 2 heterocycles. The van der Waals surface area contributed by atoms with Crippen molar-refractivity contribution in [3.63, 3.8) is 0 Å². The van der Waals surface area contributed by atoms with Crippen LogP contribution in [-0.2, 0) is 0 Å². The Morgan fingerprint density at radius 3 is 3.00 bits per heavy atom. The van der Waals surface area contributed by atoms with Crippen LogP contribution in [0, 0.1) is 0 Å². The normalized spacial score (nSPS) is 18.2. The summed E-state index contributed by atoms with van der Waals surface area (Å²) in [4.78, 5) is 14.4. The van der Waals surface area contributed by atoms with Crippen LogP contribution in [-0.4, -0.2) is 37.0 Å². The predicted octanol–water partition coefficient (Wildman–Crippen LogP) is 2.68. The molecule has 20 heavy (non-hydrogen) atoms. The van der Waals surface area contributed by atoms with Crippen LogP contribution in [0.15, 0.2) is 34.7 Å². The Hall–Kier alpha value is -1.52. The first-order valence-electron chi connectivity index (χ1n) is 6.74. The fourth-order valence-corrected chi connectivity index (χ4v) is 2.78. The molecule has 1 aromatic heterocycles. The van der Waals surface area contributed by atoms with E-state index < -0.39 is 0 Å². The van der Waals surface area contributed by atoms with Crippen molar-refractivity contribution in [1.82, 2.24) is 10.2 Å². The number of para-hydroxylation sites is 1. The van der Waals surface area contributed by atoms with Gasteiger partial charge < -0.3 is 14.6 Å². The van der Waals surface area contributed by atoms with E-state index in [9.17, 15) is 4.79 Å². The van der Waals surface area contributed by atoms with Crippen LogP contribution < -0.4 is 5.32 Å². The van der Waals surface area contributed by atoms with Gasteiger partial charge in [0.1, 0.15) is 5.58 Å². The molecule has 0 aliphatic carbocycles. The molecule has 0 spiro atoms. The number of furan rings is 1. The molecule has 1 unspecified atom stereocenters. The van der Waals surface area contributed by atoms with Crippen molar-refractivity contribution in [2.45, 2.75) is 18.9 Å². The van der Waals surface area contributed by atoms with Crippen LogP contribution in [0.4, 0.5) is 0 Å². The Morgan fingerprint density at radius 1 is 1.45 bits per heavy atom. The minimum Gasteiger partial charge on any atom is -0.451 e. The van der Waals surface area contributed by atoms with Crippen LogP contribution in [0.2, 0.25) is 0 Å². The van der Waals surface area contributed by atoms with Crippen LogP contribution in [0.1, 0.15) is 23.4 Å². The average Bonchev–Trinajstić information content (AvgIpc) is 3.04. The van der Waals surface area contributed by atoms with Gasteiger partial charge in [-0.1, -0.05) is 18.2 Å². The van der Waals surface area contributed by atoms with Crippen molar-refractivity contribution >= 4 is 29.3 Å². The molecule has 5 heteroatoms. The molecule has 0 saturated carbocycles. The second-order valence-electron chi connectivity index (χ2n) is 5.00. The molecule has 1 fully saturated rings. The highest BCUT2D eigenvalue weighted by Crippen LogP contribution is 2.24. The van der Waals surface area contributed by atoms with Gasteiger partial charge in [-0.2, -0.15) is 0 Å². The van der Waals surface area contributed by atoms with Crippen LogP contribution in [0.5, 0.6) is 0 Å². The number of carbonyl (C=O) groups is 1. The van der Waals surface area contributed by atoms with Crippen molar-refractivity contribution in [3.8, 4) is 0 Å². The highest BCUT2D eigenvalue weighted by atomic mass is 35.5. The van der Waals surface area contributed by atoms with Crippen molar-refractivity contribution in [3.05, 3.63) is 36.1 Å². The lowest BCUT2D eigenvalue weighted by atomic mass is 10.2. The summed E-state index contributed by atoms with van der Waals surface area (Å²) in [5, 5.41) is 4.13. The van der Waals surface area contributed by atoms with Crippen LogP contribution in [0.3, 0.4) is 0 Å². The van der Waals surface area contributed by atoms with Crippen LogP contribution >= 0.6 is 12.4 Å². The van der Waals surface area contributed by atoms with E-state index in [0.29, 0.717) is 5.76 Å². The van der Waals surface area contributed by atoms with Crippen molar-refractivity contribution in [1.29, 1.82) is 0 Å². The fourth-order valence-electron chi connectivity index (χ4n) is 2.78. The first-order valence-corrected chi connectivity index (χ1v) is 6.74. The lowest BCUT2D eigenvalue weighted by molar-refractivity contribution is 0.0707. The lowest BCUT2D eigenvalue weighted by Crippen LogP contribution is -2.40. The number of likely N-dealkylation sites (tertiary alicyclic amines) is 1. The fraction of sp³-hybridized carbons (Fsp3) is 0.400. The van der Waals surface area contributed by atoms with E-state index in [4.69, 9.17) is 4.42 Å². The molecule has 0 bridgehead atoms. The molecule has 2 aromatic rings. The van der Waals surface area contributed by atoms with Gasteiger partial charge >= 0.3 is 0 Å². The minimum atomic E-state index is 0. The second kappa shape index (κ2) is 6.29. The molecule has 1 aliphatic rings. The number of rotatable bonds is 3. The van der Waals surface area contributed by atoms with E-state index in [0.717, 1.165) is 36.9 Å². The Balaban J connectivity index is 0.00000147. The Labute approximate surface area is 124 Å². The molecule has 1 aliphatic heterocycles. The number of nitrogens with one attached hydrogen (secondary N) is 1. The van der Waals surface area contributed by atoms with Gasteiger partial charge in [-0.05, 0) is 32.0 Å². The molecule has 1 N–H and O–H groups in total. The number of benzene rings is 1. The number of hydrogen-bond donors (Lipinski definition) is 1. The van der Waals surface area contributed by atoms with Crippen molar-refractivity contribution in [2.75, 3.05) is 20.1 Å². The van der Waals surface area contributed by atoms with Crippen molar-refractivity contribution in [2.24, 2.45) is 0 Å². The third-order valence-electron chi connectivity index (χ3n) is 3.71. The summed E-state index contributed by atoms with van der Waals surface area (Å²) >= 11 is 0. The Morgan fingerprint density at radius 2 is 2.25 bits per heavy atom. The number of nitrogens with zero attached hydrogens (tertiary/aromatic N) is 1. The van der Waals surface area contributed by atoms with E-state index >= 15 is 0 Å². The lowest BCUT2D eigenvalue weighted by Gasteiger charge is -2.23. The van der Waals surface area contributed by atoms with Gasteiger partial charge in [-0.25, -0.2) is 0 Å². The highest BCUT2D eigenvalue weighted by molar-refractivity contribution is 5.96. The zero-order chi connectivity index (χ0) is 13.2. The van der Waals surface area contributed by atoms with Crippen molar-refractivity contribution < 1.29 is 9.21 Å². The van der Waals surface area contributed by atoms with Crippen LogP contribution in [0.25, 0.3) is 11.0 Å². The molecule has 1 amide bonds. The standard InChI is InChI=1S/C15H18N2O2.ClH/c1-16-10-12-6-4-8-17(12)15(18)14-9-11-5-2-3-7-13(11)19-14;/h2-3,5,7,9,12,16H,4,6,8,10H2,1H3;1H. The second-order valence-corrected chi connectivity index (χ2v) is 5.00. The Kier molecular flexibility index (Phi) is 4.68. The topological polar surface area (TPSA) is 45.5 Å². The zero-order valence-electron chi connectivity index (χ0n) is 11.5. The zero-order valence-corrected chi connectivity index (χ0v) is 12.3. The molecule has 4 nitrogen and oxygen atoms in total. The largest absolute Gasteiger partial charge is 0.451 e.